The summed E-state index contributed by atoms with van der Waals surface area (Å²) in [4.78, 5) is 9.79. The van der Waals surface area contributed by atoms with E-state index in [0.717, 1.165) is 0 Å². The van der Waals surface area contributed by atoms with Crippen molar-refractivity contribution in [3.8, 4) is 0 Å². The Bertz CT molecular complexity index is 167. The molecule has 58 valence electrons. The van der Waals surface area contributed by atoms with E-state index in [1.807, 2.05) is 0 Å². The number of hydrogen-bond acceptors (Lipinski definition) is 1. The lowest BCUT2D eigenvalue weighted by atomic mass is 10.1. The Balaban J connectivity index is 2.80. The topological polar surface area (TPSA) is 17.1 Å². The summed E-state index contributed by atoms with van der Waals surface area (Å²) < 4.78 is 46.7. The maximum Gasteiger partial charge on any atom is 0.404 e. The zero-order chi connectivity index (χ0) is 7.99. The molecule has 0 atom stereocenters. The molecule has 10 heavy (non-hydrogen) atoms. The van der Waals surface area contributed by atoms with E-state index >= 15 is 0 Å². The molecule has 0 aromatic heterocycles. The van der Waals surface area contributed by atoms with Crippen molar-refractivity contribution in [3.05, 3.63) is 0 Å². The van der Waals surface area contributed by atoms with Gasteiger partial charge in [-0.25, -0.2) is 0 Å². The Morgan fingerprint density at radius 2 is 1.70 bits per heavy atom. The average molecular weight is 156 g/mol. The average Bonchev–Trinajstić information content (AvgIpc) is 2.36. The van der Waals surface area contributed by atoms with Gasteiger partial charge in [-0.05, 0) is 12.8 Å². The third kappa shape index (κ3) is 0.803. The molecule has 0 saturated heterocycles. The van der Waals surface area contributed by atoms with Gasteiger partial charge in [0.15, 0.2) is 5.41 Å². The number of rotatable bonds is 1. The van der Waals surface area contributed by atoms with Crippen molar-refractivity contribution >= 4 is 6.04 Å². The van der Waals surface area contributed by atoms with Gasteiger partial charge in [0.05, 0.1) is 0 Å². The fraction of sp³-hybridized carbons (Fsp3) is 0.800. The van der Waals surface area contributed by atoms with Gasteiger partial charge in [-0.3, -0.25) is 4.79 Å². The Morgan fingerprint density at radius 3 is 1.70 bits per heavy atom. The van der Waals surface area contributed by atoms with Crippen molar-refractivity contribution < 1.29 is 22.4 Å². The fourth-order valence-corrected chi connectivity index (χ4v) is 0.716. The molecule has 0 spiro atoms. The van der Waals surface area contributed by atoms with Gasteiger partial charge in [0.2, 0.25) is 0 Å². The van der Waals surface area contributed by atoms with E-state index in [2.05, 4.69) is 0 Å². The van der Waals surface area contributed by atoms with Crippen molar-refractivity contribution in [1.82, 2.24) is 0 Å². The lowest BCUT2D eigenvalue weighted by Crippen LogP contribution is -2.30. The van der Waals surface area contributed by atoms with Crippen molar-refractivity contribution in [2.45, 2.75) is 19.0 Å². The minimum atomic E-state index is -4.70. The van der Waals surface area contributed by atoms with Gasteiger partial charge in [0, 0.05) is 0 Å². The summed E-state index contributed by atoms with van der Waals surface area (Å²) in [6.45, 7) is 0. The Hall–Kier alpha value is -0.610. The highest BCUT2D eigenvalue weighted by molar-refractivity contribution is 5.79. The molecule has 0 radical (unpaired) electrons. The largest absolute Gasteiger partial charge is 0.404 e. The molecule has 1 nitrogen and oxygen atoms in total. The predicted molar refractivity (Wildman–Crippen MR) is 23.8 cm³/mol. The molecule has 1 fully saturated rings. The smallest absolute Gasteiger partial charge is 0.260 e. The lowest BCUT2D eigenvalue weighted by Gasteiger charge is -2.12. The summed E-state index contributed by atoms with van der Waals surface area (Å²) in [6, 6.07) is -2.25. The molecule has 1 aliphatic carbocycles. The second kappa shape index (κ2) is 1.71. The SMILES string of the molecule is O=C(F)C1(C(F)(F)F)CC1. The molecule has 0 amide bonds. The normalized spacial score (nSPS) is 22.4. The monoisotopic (exact) mass is 156 g/mol. The van der Waals surface area contributed by atoms with E-state index in [9.17, 15) is 22.4 Å². The van der Waals surface area contributed by atoms with Crippen LogP contribution in [0, 0.1) is 5.41 Å². The molecule has 0 N–H and O–H groups in total. The van der Waals surface area contributed by atoms with Crippen molar-refractivity contribution in [2.24, 2.45) is 5.41 Å². The zero-order valence-corrected chi connectivity index (χ0v) is 4.83. The molecular weight excluding hydrogens is 152 g/mol. The molecule has 1 saturated carbocycles. The highest BCUT2D eigenvalue weighted by Crippen LogP contribution is 2.58. The summed E-state index contributed by atoms with van der Waals surface area (Å²) in [6.07, 6.45) is -5.49. The maximum absolute atomic E-state index is 11.7. The second-order valence-electron chi connectivity index (χ2n) is 2.35. The highest BCUT2D eigenvalue weighted by atomic mass is 19.4. The first-order chi connectivity index (χ1) is 4.40. The number of halogens is 4. The number of carbonyl (C=O) groups excluding carboxylic acids is 1. The minimum Gasteiger partial charge on any atom is -0.260 e. The van der Waals surface area contributed by atoms with E-state index in [-0.39, 0.29) is 0 Å². The van der Waals surface area contributed by atoms with Crippen LogP contribution in [-0.2, 0) is 4.79 Å². The first kappa shape index (κ1) is 7.50. The van der Waals surface area contributed by atoms with E-state index in [1.165, 1.54) is 0 Å². The van der Waals surface area contributed by atoms with Crippen LogP contribution in [0.25, 0.3) is 0 Å². The second-order valence-corrected chi connectivity index (χ2v) is 2.35. The molecule has 1 rings (SSSR count). The molecule has 0 unspecified atom stereocenters. The van der Waals surface area contributed by atoms with Crippen LogP contribution in [-0.4, -0.2) is 12.2 Å². The molecule has 0 aromatic rings. The summed E-state index contributed by atoms with van der Waals surface area (Å²) >= 11 is 0. The van der Waals surface area contributed by atoms with Crippen molar-refractivity contribution in [1.29, 1.82) is 0 Å². The van der Waals surface area contributed by atoms with E-state index in [4.69, 9.17) is 0 Å². The Morgan fingerprint density at radius 1 is 1.30 bits per heavy atom. The van der Waals surface area contributed by atoms with Gasteiger partial charge < -0.3 is 0 Å². The summed E-state index contributed by atoms with van der Waals surface area (Å²) in [5.74, 6) is 0. The van der Waals surface area contributed by atoms with Crippen LogP contribution in [0.3, 0.4) is 0 Å². The number of alkyl halides is 3. The van der Waals surface area contributed by atoms with Crippen molar-refractivity contribution in [2.75, 3.05) is 0 Å². The van der Waals surface area contributed by atoms with Crippen LogP contribution >= 0.6 is 0 Å². The lowest BCUT2D eigenvalue weighted by molar-refractivity contribution is -0.197. The molecule has 1 aliphatic rings. The predicted octanol–water partition coefficient (Wildman–Crippen LogP) is 1.82. The third-order valence-electron chi connectivity index (χ3n) is 1.67. The minimum absolute atomic E-state index is 0.397. The summed E-state index contributed by atoms with van der Waals surface area (Å²) in [7, 11) is 0. The number of carbonyl (C=O) groups is 1. The molecule has 0 aromatic carbocycles. The van der Waals surface area contributed by atoms with Gasteiger partial charge in [0.1, 0.15) is 0 Å². The number of hydrogen-bond donors (Lipinski definition) is 0. The van der Waals surface area contributed by atoms with E-state index < -0.39 is 30.5 Å². The van der Waals surface area contributed by atoms with Crippen LogP contribution in [0.15, 0.2) is 0 Å². The van der Waals surface area contributed by atoms with Gasteiger partial charge in [-0.2, -0.15) is 17.6 Å². The van der Waals surface area contributed by atoms with Crippen LogP contribution < -0.4 is 0 Å². The quantitative estimate of drug-likeness (QED) is 0.418. The van der Waals surface area contributed by atoms with Gasteiger partial charge in [-0.15, -0.1) is 0 Å². The molecule has 0 heterocycles. The van der Waals surface area contributed by atoms with E-state index in [0.29, 0.717) is 0 Å². The summed E-state index contributed by atoms with van der Waals surface area (Å²) in [5, 5.41) is 0. The van der Waals surface area contributed by atoms with Crippen LogP contribution in [0.2, 0.25) is 0 Å². The first-order valence-electron chi connectivity index (χ1n) is 2.67. The highest BCUT2D eigenvalue weighted by Gasteiger charge is 2.69. The third-order valence-corrected chi connectivity index (χ3v) is 1.67. The van der Waals surface area contributed by atoms with Gasteiger partial charge in [0.25, 0.3) is 0 Å². The van der Waals surface area contributed by atoms with Crippen LogP contribution in [0.4, 0.5) is 17.6 Å². The van der Waals surface area contributed by atoms with E-state index in [1.54, 1.807) is 0 Å². The fourth-order valence-electron chi connectivity index (χ4n) is 0.716. The molecular formula is C5H4F4O. The Kier molecular flexibility index (Phi) is 1.28. The van der Waals surface area contributed by atoms with Crippen LogP contribution in [0.1, 0.15) is 12.8 Å². The standard InChI is InChI=1S/C5H4F4O/c6-3(10)4(1-2-4)5(7,8)9/h1-2H2. The van der Waals surface area contributed by atoms with Gasteiger partial charge >= 0.3 is 12.2 Å². The summed E-state index contributed by atoms with van der Waals surface area (Å²) in [5.41, 5.74) is -2.62. The zero-order valence-electron chi connectivity index (χ0n) is 4.83. The van der Waals surface area contributed by atoms with Gasteiger partial charge in [-0.1, -0.05) is 0 Å². The Labute approximate surface area is 54.0 Å². The molecule has 5 heteroatoms. The van der Waals surface area contributed by atoms with Crippen molar-refractivity contribution in [3.63, 3.8) is 0 Å². The molecule has 0 bridgehead atoms. The maximum atomic E-state index is 11.7. The molecule has 0 aliphatic heterocycles. The first-order valence-corrected chi connectivity index (χ1v) is 2.67. The van der Waals surface area contributed by atoms with Crippen LogP contribution in [0.5, 0.6) is 0 Å².